The van der Waals surface area contributed by atoms with Crippen molar-refractivity contribution in [2.24, 2.45) is 0 Å². The van der Waals surface area contributed by atoms with Crippen LogP contribution in [0.25, 0.3) is 21.5 Å². The third-order valence-electron chi connectivity index (χ3n) is 4.27. The molecule has 0 aliphatic heterocycles. The van der Waals surface area contributed by atoms with Gasteiger partial charge in [-0.3, -0.25) is 9.97 Å². The minimum Gasteiger partial charge on any atom is -0.264 e. The number of rotatable bonds is 0. The van der Waals surface area contributed by atoms with E-state index in [1.165, 1.54) is 32.7 Å². The van der Waals surface area contributed by atoms with Crippen LogP contribution in [0.15, 0.2) is 110 Å². The fraction of sp³-hybridized carbons (Fsp3) is 0.0769. The maximum absolute atomic E-state index is 4.01. The highest BCUT2D eigenvalue weighted by Crippen LogP contribution is 2.10. The summed E-state index contributed by atoms with van der Waals surface area (Å²) in [7, 11) is 0. The normalized spacial score (nSPS) is 9.79. The lowest BCUT2D eigenvalue weighted by Gasteiger charge is -1.91. The lowest BCUT2D eigenvalue weighted by Crippen LogP contribution is -1.71. The van der Waals surface area contributed by atoms with Gasteiger partial charge in [-0.15, -0.1) is 0 Å². The van der Waals surface area contributed by atoms with Gasteiger partial charge in [-0.2, -0.15) is 0 Å². The molecule has 0 bridgehead atoms. The Balaban J connectivity index is 0.000000122. The second-order valence-corrected chi connectivity index (χ2v) is 6.60. The van der Waals surface area contributed by atoms with Gasteiger partial charge in [0.25, 0.3) is 0 Å². The Morgan fingerprint density at radius 3 is 1.25 bits per heavy atom. The lowest BCUT2D eigenvalue weighted by molar-refractivity contribution is 1.36. The Morgan fingerprint density at radius 1 is 0.464 bits per heavy atom. The molecule has 0 atom stereocenters. The van der Waals surface area contributed by atoms with Gasteiger partial charge in [0.05, 0.1) is 0 Å². The molecule has 0 saturated heterocycles. The molecule has 0 saturated carbocycles. The van der Waals surface area contributed by atoms with Crippen LogP contribution < -0.4 is 0 Å². The van der Waals surface area contributed by atoms with Crippen LogP contribution >= 0.6 is 0 Å². The summed E-state index contributed by atoms with van der Waals surface area (Å²) in [5, 5.41) is 4.89. The molecule has 3 aromatic carbocycles. The number of pyridine rings is 2. The van der Waals surface area contributed by atoms with Crippen molar-refractivity contribution in [2.45, 2.75) is 13.8 Å². The largest absolute Gasteiger partial charge is 0.264 e. The minimum absolute atomic E-state index is 1.20. The predicted molar refractivity (Wildman–Crippen MR) is 119 cm³/mol. The molecule has 2 nitrogen and oxygen atoms in total. The summed E-state index contributed by atoms with van der Waals surface area (Å²) < 4.78 is 0. The summed E-state index contributed by atoms with van der Waals surface area (Å²) in [5.41, 5.74) is 2.68. The second kappa shape index (κ2) is 9.98. The molecule has 0 spiro atoms. The van der Waals surface area contributed by atoms with Crippen molar-refractivity contribution < 1.29 is 0 Å². The Morgan fingerprint density at radius 2 is 0.893 bits per heavy atom. The smallest absolute Gasteiger partial charge is 0.0346 e. The fourth-order valence-electron chi connectivity index (χ4n) is 2.86. The van der Waals surface area contributed by atoms with Crippen molar-refractivity contribution in [2.75, 3.05) is 0 Å². The molecule has 138 valence electrons. The van der Waals surface area contributed by atoms with Gasteiger partial charge in [0.15, 0.2) is 0 Å². The van der Waals surface area contributed by atoms with E-state index in [1.807, 2.05) is 61.2 Å². The molecule has 0 radical (unpaired) electrons. The van der Waals surface area contributed by atoms with Crippen molar-refractivity contribution in [3.05, 3.63) is 121 Å². The second-order valence-electron chi connectivity index (χ2n) is 6.60. The summed E-state index contributed by atoms with van der Waals surface area (Å²) in [6.45, 7) is 4.21. The first-order valence-corrected chi connectivity index (χ1v) is 9.33. The van der Waals surface area contributed by atoms with Gasteiger partial charge in [0, 0.05) is 24.8 Å². The first-order valence-electron chi connectivity index (χ1n) is 9.33. The highest BCUT2D eigenvalue weighted by atomic mass is 14.6. The maximum atomic E-state index is 4.01. The number of aromatic nitrogens is 2. The highest BCUT2D eigenvalue weighted by molar-refractivity contribution is 5.81. The van der Waals surface area contributed by atoms with Crippen molar-refractivity contribution >= 4 is 21.5 Å². The first-order chi connectivity index (χ1) is 13.7. The molecular formula is C26H24N2. The van der Waals surface area contributed by atoms with Crippen LogP contribution in [0.5, 0.6) is 0 Å². The Hall–Kier alpha value is -3.52. The topological polar surface area (TPSA) is 25.8 Å². The number of hydrogen-bond acceptors (Lipinski definition) is 2. The summed E-state index contributed by atoms with van der Waals surface area (Å²) >= 11 is 0. The third kappa shape index (κ3) is 5.75. The molecule has 0 N–H and O–H groups in total. The van der Waals surface area contributed by atoms with Gasteiger partial charge in [0.2, 0.25) is 0 Å². The van der Waals surface area contributed by atoms with Crippen molar-refractivity contribution in [3.8, 4) is 0 Å². The fourth-order valence-corrected chi connectivity index (χ4v) is 2.86. The predicted octanol–water partition coefficient (Wildman–Crippen LogP) is 6.77. The average Bonchev–Trinajstić information content (AvgIpc) is 2.75. The van der Waals surface area contributed by atoms with E-state index in [9.17, 15) is 0 Å². The van der Waals surface area contributed by atoms with Gasteiger partial charge in [-0.05, 0) is 47.5 Å². The zero-order valence-electron chi connectivity index (χ0n) is 16.3. The average molecular weight is 364 g/mol. The lowest BCUT2D eigenvalue weighted by atomic mass is 10.2. The summed E-state index contributed by atoms with van der Waals surface area (Å²) in [4.78, 5) is 8.03. The van der Waals surface area contributed by atoms with E-state index >= 15 is 0 Å². The molecule has 0 amide bonds. The quantitative estimate of drug-likeness (QED) is 0.303. The van der Waals surface area contributed by atoms with Crippen LogP contribution in [-0.4, -0.2) is 9.97 Å². The Kier molecular flexibility index (Phi) is 6.86. The zero-order chi connectivity index (χ0) is 19.6. The standard InChI is InChI=1S/2C9H7N.C8H10/c2*1-2-4-9-7-10-6-5-8(9)3-1;1-7-4-3-5-8(2)6-7/h2*1-7H;3-6H,1-2H3. The maximum Gasteiger partial charge on any atom is 0.0346 e. The number of nitrogens with zero attached hydrogens (tertiary/aromatic N) is 2. The van der Waals surface area contributed by atoms with E-state index in [0.717, 1.165) is 0 Å². The van der Waals surface area contributed by atoms with Gasteiger partial charge in [-0.1, -0.05) is 83.9 Å². The highest BCUT2D eigenvalue weighted by Gasteiger charge is 1.87. The molecule has 0 aliphatic rings. The summed E-state index contributed by atoms with van der Waals surface area (Å²) in [6.07, 6.45) is 7.36. The van der Waals surface area contributed by atoms with Crippen LogP contribution in [0.4, 0.5) is 0 Å². The Bertz CT molecular complexity index is 930. The van der Waals surface area contributed by atoms with Crippen LogP contribution in [0.1, 0.15) is 11.1 Å². The molecule has 2 heteroatoms. The molecule has 0 fully saturated rings. The van der Waals surface area contributed by atoms with E-state index in [-0.39, 0.29) is 0 Å². The van der Waals surface area contributed by atoms with Crippen LogP contribution in [0, 0.1) is 13.8 Å². The van der Waals surface area contributed by atoms with E-state index in [2.05, 4.69) is 72.3 Å². The first kappa shape index (κ1) is 19.2. The molecule has 2 aromatic heterocycles. The number of aryl methyl sites for hydroxylation is 2. The Labute approximate surface area is 166 Å². The summed E-state index contributed by atoms with van der Waals surface area (Å²) in [5.74, 6) is 0. The molecule has 5 rings (SSSR count). The monoisotopic (exact) mass is 364 g/mol. The number of fused-ring (bicyclic) bond motifs is 2. The van der Waals surface area contributed by atoms with Gasteiger partial charge < -0.3 is 0 Å². The summed E-state index contributed by atoms with van der Waals surface area (Å²) in [6, 6.07) is 28.8. The van der Waals surface area contributed by atoms with E-state index in [4.69, 9.17) is 0 Å². The number of benzene rings is 3. The molecule has 0 aliphatic carbocycles. The van der Waals surface area contributed by atoms with Crippen molar-refractivity contribution in [1.29, 1.82) is 0 Å². The van der Waals surface area contributed by atoms with Crippen LogP contribution in [-0.2, 0) is 0 Å². The molecular weight excluding hydrogens is 340 g/mol. The van der Waals surface area contributed by atoms with Crippen molar-refractivity contribution in [3.63, 3.8) is 0 Å². The minimum atomic E-state index is 1.20. The third-order valence-corrected chi connectivity index (χ3v) is 4.27. The molecule has 2 heterocycles. The van der Waals surface area contributed by atoms with E-state index < -0.39 is 0 Å². The van der Waals surface area contributed by atoms with Gasteiger partial charge in [0.1, 0.15) is 0 Å². The molecule has 28 heavy (non-hydrogen) atoms. The zero-order valence-corrected chi connectivity index (χ0v) is 16.3. The van der Waals surface area contributed by atoms with Gasteiger partial charge in [-0.25, -0.2) is 0 Å². The SMILES string of the molecule is Cc1cccc(C)c1.c1ccc2cnccc2c1.c1ccc2cnccc2c1. The van der Waals surface area contributed by atoms with Gasteiger partial charge >= 0.3 is 0 Å². The van der Waals surface area contributed by atoms with E-state index in [0.29, 0.717) is 0 Å². The van der Waals surface area contributed by atoms with Crippen molar-refractivity contribution in [1.82, 2.24) is 9.97 Å². The van der Waals surface area contributed by atoms with E-state index in [1.54, 1.807) is 0 Å². The molecule has 5 aromatic rings. The van der Waals surface area contributed by atoms with Crippen LogP contribution in [0.2, 0.25) is 0 Å². The molecule has 0 unspecified atom stereocenters. The number of hydrogen-bond donors (Lipinski definition) is 0. The van der Waals surface area contributed by atoms with Crippen LogP contribution in [0.3, 0.4) is 0 Å².